The summed E-state index contributed by atoms with van der Waals surface area (Å²) >= 11 is 0. The van der Waals surface area contributed by atoms with Crippen molar-refractivity contribution in [2.24, 2.45) is 5.92 Å². The summed E-state index contributed by atoms with van der Waals surface area (Å²) in [6.45, 7) is 4.58. The minimum absolute atomic E-state index is 0.0725. The molecule has 1 rings (SSSR count). The highest BCUT2D eigenvalue weighted by Crippen LogP contribution is 2.30. The van der Waals surface area contributed by atoms with Gasteiger partial charge in [-0.25, -0.2) is 4.79 Å². The normalized spacial score (nSPS) is 26.8. The van der Waals surface area contributed by atoms with Crippen molar-refractivity contribution in [2.45, 2.75) is 32.2 Å². The number of nitrogens with zero attached hydrogens (tertiary/aromatic N) is 1. The first-order valence-electron chi connectivity index (χ1n) is 5.63. The summed E-state index contributed by atoms with van der Waals surface area (Å²) in [5, 5.41) is 12.1. The minimum Gasteiger partial charge on any atom is -0.480 e. The fraction of sp³-hybridized carbons (Fsp3) is 0.818. The highest BCUT2D eigenvalue weighted by molar-refractivity contribution is 5.88. The van der Waals surface area contributed by atoms with Crippen LogP contribution in [0.4, 0.5) is 0 Å². The van der Waals surface area contributed by atoms with Crippen LogP contribution in [0.3, 0.4) is 0 Å². The number of amides is 1. The highest BCUT2D eigenvalue weighted by Gasteiger charge is 2.46. The van der Waals surface area contributed by atoms with Gasteiger partial charge in [0.1, 0.15) is 5.54 Å². The molecule has 2 unspecified atom stereocenters. The summed E-state index contributed by atoms with van der Waals surface area (Å²) in [6.07, 6.45) is 1.31. The van der Waals surface area contributed by atoms with E-state index in [-0.39, 0.29) is 11.8 Å². The van der Waals surface area contributed by atoms with Crippen molar-refractivity contribution < 1.29 is 14.7 Å². The highest BCUT2D eigenvalue weighted by atomic mass is 16.4. The Labute approximate surface area is 95.8 Å². The van der Waals surface area contributed by atoms with Crippen LogP contribution >= 0.6 is 0 Å². The first kappa shape index (κ1) is 13.0. The van der Waals surface area contributed by atoms with E-state index in [2.05, 4.69) is 5.32 Å². The predicted octanol–water partition coefficient (Wildman–Crippen LogP) is 0.308. The van der Waals surface area contributed by atoms with Crippen molar-refractivity contribution in [1.82, 2.24) is 10.2 Å². The summed E-state index contributed by atoms with van der Waals surface area (Å²) in [6, 6.07) is 0. The number of likely N-dealkylation sites (tertiary alicyclic amines) is 1. The summed E-state index contributed by atoms with van der Waals surface area (Å²) < 4.78 is 0. The average molecular weight is 228 g/mol. The van der Waals surface area contributed by atoms with Gasteiger partial charge in [-0.05, 0) is 26.8 Å². The molecule has 0 aromatic heterocycles. The van der Waals surface area contributed by atoms with E-state index in [0.29, 0.717) is 19.5 Å². The molecule has 1 saturated heterocycles. The van der Waals surface area contributed by atoms with Crippen LogP contribution in [0, 0.1) is 5.92 Å². The Morgan fingerprint density at radius 2 is 2.19 bits per heavy atom. The maximum Gasteiger partial charge on any atom is 0.329 e. The van der Waals surface area contributed by atoms with Crippen LogP contribution in [0.2, 0.25) is 0 Å². The Bertz CT molecular complexity index is 293. The van der Waals surface area contributed by atoms with Crippen molar-refractivity contribution in [3.05, 3.63) is 0 Å². The van der Waals surface area contributed by atoms with Gasteiger partial charge in [0, 0.05) is 19.0 Å². The summed E-state index contributed by atoms with van der Waals surface area (Å²) in [5.74, 6) is -1.16. The number of carboxylic acid groups (broad SMARTS) is 1. The molecule has 0 saturated carbocycles. The Hall–Kier alpha value is -1.10. The molecular formula is C11H20N2O3. The van der Waals surface area contributed by atoms with Gasteiger partial charge in [0.05, 0.1) is 0 Å². The van der Waals surface area contributed by atoms with Crippen LogP contribution in [0.5, 0.6) is 0 Å². The number of hydrogen-bond donors (Lipinski definition) is 2. The van der Waals surface area contributed by atoms with E-state index < -0.39 is 11.5 Å². The maximum atomic E-state index is 12.1. The molecule has 1 aliphatic heterocycles. The molecule has 5 heteroatoms. The van der Waals surface area contributed by atoms with Crippen LogP contribution in [0.15, 0.2) is 0 Å². The molecule has 0 radical (unpaired) electrons. The molecular weight excluding hydrogens is 208 g/mol. The number of hydrogen-bond acceptors (Lipinski definition) is 3. The van der Waals surface area contributed by atoms with Gasteiger partial charge in [0.15, 0.2) is 0 Å². The second-order valence-electron chi connectivity index (χ2n) is 4.63. The Morgan fingerprint density at radius 1 is 1.56 bits per heavy atom. The topological polar surface area (TPSA) is 69.6 Å². The Kier molecular flexibility index (Phi) is 3.91. The molecule has 5 nitrogen and oxygen atoms in total. The maximum absolute atomic E-state index is 12.1. The van der Waals surface area contributed by atoms with Gasteiger partial charge in [0.2, 0.25) is 5.91 Å². The van der Waals surface area contributed by atoms with Gasteiger partial charge >= 0.3 is 5.97 Å². The van der Waals surface area contributed by atoms with Crippen LogP contribution in [0.1, 0.15) is 26.7 Å². The van der Waals surface area contributed by atoms with Crippen LogP contribution in [-0.4, -0.2) is 47.6 Å². The lowest BCUT2D eigenvalue weighted by Gasteiger charge is -2.33. The van der Waals surface area contributed by atoms with E-state index in [0.717, 1.165) is 6.42 Å². The average Bonchev–Trinajstić information content (AvgIpc) is 2.61. The lowest BCUT2D eigenvalue weighted by molar-refractivity contribution is -0.156. The third-order valence-electron chi connectivity index (χ3n) is 3.30. The second kappa shape index (κ2) is 4.82. The molecule has 1 heterocycles. The number of rotatable bonds is 4. The van der Waals surface area contributed by atoms with Crippen molar-refractivity contribution in [2.75, 3.05) is 20.1 Å². The zero-order valence-electron chi connectivity index (χ0n) is 10.1. The molecule has 0 spiro atoms. The minimum atomic E-state index is -1.01. The largest absolute Gasteiger partial charge is 0.480 e. The molecule has 92 valence electrons. The van der Waals surface area contributed by atoms with Crippen molar-refractivity contribution in [3.8, 4) is 0 Å². The molecule has 0 aromatic carbocycles. The third-order valence-corrected chi connectivity index (χ3v) is 3.30. The van der Waals surface area contributed by atoms with Crippen molar-refractivity contribution >= 4 is 11.9 Å². The van der Waals surface area contributed by atoms with Gasteiger partial charge in [-0.3, -0.25) is 4.79 Å². The van der Waals surface area contributed by atoms with Gasteiger partial charge in [-0.1, -0.05) is 6.92 Å². The molecule has 2 N–H and O–H groups in total. The standard InChI is InChI=1S/C11H20N2O3/c1-8(7-12-3)9(14)13-6-4-5-11(13,2)10(15)16/h8,12H,4-7H2,1-3H3,(H,15,16). The lowest BCUT2D eigenvalue weighted by Crippen LogP contribution is -2.53. The number of aliphatic carboxylic acids is 1. The Balaban J connectivity index is 2.79. The first-order chi connectivity index (χ1) is 7.43. The fourth-order valence-electron chi connectivity index (χ4n) is 2.20. The quantitative estimate of drug-likeness (QED) is 0.726. The summed E-state index contributed by atoms with van der Waals surface area (Å²) in [4.78, 5) is 24.8. The van der Waals surface area contributed by atoms with E-state index in [4.69, 9.17) is 0 Å². The molecule has 0 bridgehead atoms. The molecule has 1 fully saturated rings. The molecule has 1 amide bonds. The monoisotopic (exact) mass is 228 g/mol. The molecule has 16 heavy (non-hydrogen) atoms. The van der Waals surface area contributed by atoms with Gasteiger partial charge in [-0.2, -0.15) is 0 Å². The van der Waals surface area contributed by atoms with E-state index in [9.17, 15) is 14.7 Å². The molecule has 0 aromatic rings. The summed E-state index contributed by atoms with van der Waals surface area (Å²) in [7, 11) is 1.78. The van der Waals surface area contributed by atoms with Crippen molar-refractivity contribution in [1.29, 1.82) is 0 Å². The van der Waals surface area contributed by atoms with Gasteiger partial charge in [0.25, 0.3) is 0 Å². The van der Waals surface area contributed by atoms with E-state index >= 15 is 0 Å². The number of carbonyl (C=O) groups is 2. The number of carboxylic acids is 1. The predicted molar refractivity (Wildman–Crippen MR) is 60.1 cm³/mol. The first-order valence-corrected chi connectivity index (χ1v) is 5.63. The van der Waals surface area contributed by atoms with Crippen LogP contribution < -0.4 is 5.32 Å². The molecule has 0 aliphatic carbocycles. The number of carbonyl (C=O) groups excluding carboxylic acids is 1. The lowest BCUT2D eigenvalue weighted by atomic mass is 9.98. The smallest absolute Gasteiger partial charge is 0.329 e. The third kappa shape index (κ3) is 2.19. The van der Waals surface area contributed by atoms with Crippen molar-refractivity contribution in [3.63, 3.8) is 0 Å². The Morgan fingerprint density at radius 3 is 2.69 bits per heavy atom. The molecule has 1 aliphatic rings. The van der Waals surface area contributed by atoms with E-state index in [1.54, 1.807) is 14.0 Å². The SMILES string of the molecule is CNCC(C)C(=O)N1CCCC1(C)C(=O)O. The van der Waals surface area contributed by atoms with Gasteiger partial charge < -0.3 is 15.3 Å². The van der Waals surface area contributed by atoms with E-state index in [1.807, 2.05) is 6.92 Å². The van der Waals surface area contributed by atoms with Gasteiger partial charge in [-0.15, -0.1) is 0 Å². The molecule has 2 atom stereocenters. The van der Waals surface area contributed by atoms with E-state index in [1.165, 1.54) is 4.90 Å². The zero-order valence-corrected chi connectivity index (χ0v) is 10.1. The second-order valence-corrected chi connectivity index (χ2v) is 4.63. The number of nitrogens with one attached hydrogen (secondary N) is 1. The fourth-order valence-corrected chi connectivity index (χ4v) is 2.20. The van der Waals surface area contributed by atoms with Crippen LogP contribution in [0.25, 0.3) is 0 Å². The van der Waals surface area contributed by atoms with Crippen LogP contribution in [-0.2, 0) is 9.59 Å². The summed E-state index contributed by atoms with van der Waals surface area (Å²) in [5.41, 5.74) is -1.01. The zero-order chi connectivity index (χ0) is 12.3.